The van der Waals surface area contributed by atoms with Crippen molar-refractivity contribution in [1.82, 2.24) is 4.31 Å². The van der Waals surface area contributed by atoms with Crippen molar-refractivity contribution in [2.24, 2.45) is 0 Å². The third-order valence-electron chi connectivity index (χ3n) is 3.32. The molecule has 1 fully saturated rings. The first kappa shape index (κ1) is 15.3. The predicted octanol–water partition coefficient (Wildman–Crippen LogP) is 3.10. The molecule has 3 nitrogen and oxygen atoms in total. The van der Waals surface area contributed by atoms with Gasteiger partial charge in [0, 0.05) is 23.6 Å². The van der Waals surface area contributed by atoms with Crippen LogP contribution in [0.25, 0.3) is 0 Å². The van der Waals surface area contributed by atoms with Crippen LogP contribution in [0.15, 0.2) is 27.6 Å². The minimum atomic E-state index is -3.62. The van der Waals surface area contributed by atoms with E-state index in [-0.39, 0.29) is 20.7 Å². The van der Waals surface area contributed by atoms with Crippen molar-refractivity contribution in [3.05, 3.63) is 28.5 Å². The maximum absolute atomic E-state index is 13.5. The lowest BCUT2D eigenvalue weighted by Crippen LogP contribution is -2.47. The zero-order chi connectivity index (χ0) is 14.2. The summed E-state index contributed by atoms with van der Waals surface area (Å²) in [5, 5.41) is 0.240. The number of halogens is 2. The summed E-state index contributed by atoms with van der Waals surface area (Å²) < 4.78 is 40.3. The van der Waals surface area contributed by atoms with Crippen LogP contribution in [0.4, 0.5) is 4.39 Å². The van der Waals surface area contributed by atoms with Gasteiger partial charge >= 0.3 is 0 Å². The molecule has 1 heterocycles. The van der Waals surface area contributed by atoms with Gasteiger partial charge < -0.3 is 0 Å². The first-order chi connectivity index (χ1) is 8.84. The molecular formula is C12H15BrFNO2S2. The van der Waals surface area contributed by atoms with Crippen LogP contribution >= 0.6 is 27.7 Å². The van der Waals surface area contributed by atoms with Crippen LogP contribution in [-0.4, -0.2) is 36.3 Å². The van der Waals surface area contributed by atoms with E-state index in [1.165, 1.54) is 16.4 Å². The molecule has 7 heteroatoms. The number of hydrogen-bond acceptors (Lipinski definition) is 3. The van der Waals surface area contributed by atoms with Crippen LogP contribution in [0.3, 0.4) is 0 Å². The molecule has 0 saturated carbocycles. The normalized spacial score (nSPS) is 25.5. The first-order valence-corrected chi connectivity index (χ1v) is 9.20. The molecule has 0 aliphatic carbocycles. The van der Waals surface area contributed by atoms with E-state index in [1.54, 1.807) is 11.8 Å². The smallest absolute Gasteiger partial charge is 0.207 e. The Morgan fingerprint density at radius 3 is 2.74 bits per heavy atom. The second-order valence-electron chi connectivity index (χ2n) is 4.51. The Balaban J connectivity index is 2.38. The van der Waals surface area contributed by atoms with Crippen molar-refractivity contribution in [3.8, 4) is 0 Å². The molecule has 0 amide bonds. The van der Waals surface area contributed by atoms with Crippen molar-refractivity contribution in [3.63, 3.8) is 0 Å². The molecule has 2 unspecified atom stereocenters. The molecular weight excluding hydrogens is 353 g/mol. The molecule has 0 N–H and O–H groups in total. The topological polar surface area (TPSA) is 37.4 Å². The Bertz CT molecular complexity index is 579. The fraction of sp³-hybridized carbons (Fsp3) is 0.500. The highest BCUT2D eigenvalue weighted by molar-refractivity contribution is 9.10. The van der Waals surface area contributed by atoms with E-state index in [4.69, 9.17) is 0 Å². The van der Waals surface area contributed by atoms with Crippen molar-refractivity contribution in [2.75, 3.05) is 12.3 Å². The number of benzene rings is 1. The molecule has 1 aromatic carbocycles. The second-order valence-corrected chi connectivity index (χ2v) is 8.74. The molecule has 19 heavy (non-hydrogen) atoms. The third-order valence-corrected chi connectivity index (χ3v) is 7.29. The summed E-state index contributed by atoms with van der Waals surface area (Å²) >= 11 is 4.79. The maximum Gasteiger partial charge on any atom is 0.243 e. The standard InChI is InChI=1S/C12H15BrFNO2S2/c1-8-9(2)18-6-5-15(8)19(16,17)10-3-4-11(13)12(14)7-10/h3-4,7-9H,5-6H2,1-2H3. The molecule has 1 aliphatic rings. The molecule has 0 spiro atoms. The van der Waals surface area contributed by atoms with Gasteiger partial charge in [-0.2, -0.15) is 16.1 Å². The quantitative estimate of drug-likeness (QED) is 0.805. The van der Waals surface area contributed by atoms with Crippen LogP contribution in [0, 0.1) is 5.82 Å². The zero-order valence-electron chi connectivity index (χ0n) is 10.6. The second kappa shape index (κ2) is 5.71. The van der Waals surface area contributed by atoms with E-state index >= 15 is 0 Å². The van der Waals surface area contributed by atoms with Gasteiger partial charge in [0.2, 0.25) is 10.0 Å². The summed E-state index contributed by atoms with van der Waals surface area (Å²) in [4.78, 5) is 0.0131. The Hall–Kier alpha value is -0.110. The summed E-state index contributed by atoms with van der Waals surface area (Å²) in [6.07, 6.45) is 0. The number of nitrogens with zero attached hydrogens (tertiary/aromatic N) is 1. The minimum Gasteiger partial charge on any atom is -0.207 e. The Kier molecular flexibility index (Phi) is 4.59. The Labute approximate surface area is 125 Å². The van der Waals surface area contributed by atoms with E-state index < -0.39 is 15.8 Å². The summed E-state index contributed by atoms with van der Waals surface area (Å²) in [6, 6.07) is 3.84. The lowest BCUT2D eigenvalue weighted by atomic mass is 10.2. The molecule has 0 bridgehead atoms. The Morgan fingerprint density at radius 2 is 2.11 bits per heavy atom. The molecule has 2 rings (SSSR count). The van der Waals surface area contributed by atoms with Gasteiger partial charge in [-0.25, -0.2) is 12.8 Å². The number of thioether (sulfide) groups is 1. The Morgan fingerprint density at radius 1 is 1.42 bits per heavy atom. The van der Waals surface area contributed by atoms with E-state index in [0.29, 0.717) is 6.54 Å². The van der Waals surface area contributed by atoms with E-state index in [1.807, 2.05) is 13.8 Å². The summed E-state index contributed by atoms with van der Waals surface area (Å²) in [7, 11) is -3.62. The average Bonchev–Trinajstić information content (AvgIpc) is 2.35. The number of rotatable bonds is 2. The SMILES string of the molecule is CC1SCCN(S(=O)(=O)c2ccc(Br)c(F)c2)C1C. The monoisotopic (exact) mass is 367 g/mol. The van der Waals surface area contributed by atoms with Gasteiger partial charge in [0.15, 0.2) is 0 Å². The van der Waals surface area contributed by atoms with Crippen molar-refractivity contribution < 1.29 is 12.8 Å². The van der Waals surface area contributed by atoms with E-state index in [9.17, 15) is 12.8 Å². The lowest BCUT2D eigenvalue weighted by molar-refractivity contribution is 0.340. The van der Waals surface area contributed by atoms with Gasteiger partial charge in [0.05, 0.1) is 9.37 Å². The molecule has 2 atom stereocenters. The molecule has 0 radical (unpaired) electrons. The first-order valence-electron chi connectivity index (χ1n) is 5.92. The average molecular weight is 368 g/mol. The fourth-order valence-corrected chi connectivity index (χ4v) is 5.27. The lowest BCUT2D eigenvalue weighted by Gasteiger charge is -2.36. The van der Waals surface area contributed by atoms with Crippen molar-refractivity contribution in [1.29, 1.82) is 0 Å². The summed E-state index contributed by atoms with van der Waals surface area (Å²) in [5.41, 5.74) is 0. The highest BCUT2D eigenvalue weighted by Gasteiger charge is 2.35. The van der Waals surface area contributed by atoms with Gasteiger partial charge in [-0.3, -0.25) is 0 Å². The van der Waals surface area contributed by atoms with Gasteiger partial charge in [0.1, 0.15) is 5.82 Å². The maximum atomic E-state index is 13.5. The van der Waals surface area contributed by atoms with Gasteiger partial charge in [-0.1, -0.05) is 6.92 Å². The van der Waals surface area contributed by atoms with Crippen LogP contribution in [0.2, 0.25) is 0 Å². The largest absolute Gasteiger partial charge is 0.243 e. The van der Waals surface area contributed by atoms with Crippen LogP contribution in [-0.2, 0) is 10.0 Å². The van der Waals surface area contributed by atoms with Crippen molar-refractivity contribution in [2.45, 2.75) is 30.0 Å². The molecule has 106 valence electrons. The molecule has 1 aliphatic heterocycles. The van der Waals surface area contributed by atoms with E-state index in [0.717, 1.165) is 11.8 Å². The number of sulfonamides is 1. The minimum absolute atomic E-state index is 0.0131. The third kappa shape index (κ3) is 2.99. The van der Waals surface area contributed by atoms with Crippen LogP contribution in [0.5, 0.6) is 0 Å². The van der Waals surface area contributed by atoms with Crippen LogP contribution in [0.1, 0.15) is 13.8 Å². The molecule has 1 aromatic rings. The number of hydrogen-bond donors (Lipinski definition) is 0. The predicted molar refractivity (Wildman–Crippen MR) is 79.4 cm³/mol. The van der Waals surface area contributed by atoms with Gasteiger partial charge in [-0.05, 0) is 41.1 Å². The van der Waals surface area contributed by atoms with Crippen LogP contribution < -0.4 is 0 Å². The molecule has 1 saturated heterocycles. The fourth-order valence-electron chi connectivity index (χ4n) is 2.02. The summed E-state index contributed by atoms with van der Waals surface area (Å²) in [6.45, 7) is 4.37. The highest BCUT2D eigenvalue weighted by atomic mass is 79.9. The highest BCUT2D eigenvalue weighted by Crippen LogP contribution is 2.30. The van der Waals surface area contributed by atoms with Gasteiger partial charge in [0.25, 0.3) is 0 Å². The molecule has 0 aromatic heterocycles. The van der Waals surface area contributed by atoms with E-state index in [2.05, 4.69) is 15.9 Å². The summed E-state index contributed by atoms with van der Waals surface area (Å²) in [5.74, 6) is 0.206. The zero-order valence-corrected chi connectivity index (χ0v) is 13.9. The van der Waals surface area contributed by atoms with Crippen molar-refractivity contribution >= 4 is 37.7 Å². The van der Waals surface area contributed by atoms with Gasteiger partial charge in [-0.15, -0.1) is 0 Å².